The number of pyridine rings is 1. The van der Waals surface area contributed by atoms with Crippen molar-refractivity contribution in [1.82, 2.24) is 14.9 Å². The zero-order valence-corrected chi connectivity index (χ0v) is 20.5. The Balaban J connectivity index is 0.000000505. The smallest absolute Gasteiger partial charge is 0.418 e. The largest absolute Gasteiger partial charge is 0.473 e. The van der Waals surface area contributed by atoms with Crippen molar-refractivity contribution in [1.29, 1.82) is 0 Å². The van der Waals surface area contributed by atoms with Crippen molar-refractivity contribution >= 4 is 46.5 Å². The second-order valence-corrected chi connectivity index (χ2v) is 8.87. The number of fused-ring (bicyclic) bond motifs is 1. The van der Waals surface area contributed by atoms with Gasteiger partial charge in [-0.3, -0.25) is 14.3 Å². The van der Waals surface area contributed by atoms with Crippen LogP contribution in [0, 0.1) is 0 Å². The molecule has 192 valence electrons. The van der Waals surface area contributed by atoms with Gasteiger partial charge < -0.3 is 20.3 Å². The molecule has 10 nitrogen and oxygen atoms in total. The molecule has 2 aromatic carbocycles. The number of para-hydroxylation sites is 1. The Morgan fingerprint density at radius 3 is 2.34 bits per heavy atom. The molecule has 4 aromatic rings. The van der Waals surface area contributed by atoms with E-state index in [1.54, 1.807) is 24.7 Å². The van der Waals surface area contributed by atoms with Crippen LogP contribution in [0.4, 0.5) is 4.79 Å². The van der Waals surface area contributed by atoms with Crippen LogP contribution in [0.15, 0.2) is 96.4 Å². The van der Waals surface area contributed by atoms with Gasteiger partial charge in [-0.1, -0.05) is 54.6 Å². The fourth-order valence-electron chi connectivity index (χ4n) is 3.60. The first kappa shape index (κ1) is 26.2. The number of thioether (sulfide) groups is 1. The molecule has 0 spiro atoms. The lowest BCUT2D eigenvalue weighted by Crippen LogP contribution is -2.19. The van der Waals surface area contributed by atoms with Crippen molar-refractivity contribution in [2.45, 2.75) is 12.0 Å². The normalized spacial score (nSPS) is 14.0. The fraction of sp³-hybridized carbons (Fsp3) is 0.0741. The Morgan fingerprint density at radius 2 is 1.66 bits per heavy atom. The van der Waals surface area contributed by atoms with Crippen LogP contribution >= 0.6 is 11.8 Å². The van der Waals surface area contributed by atoms with E-state index >= 15 is 0 Å². The van der Waals surface area contributed by atoms with E-state index in [4.69, 9.17) is 24.5 Å². The molecule has 0 fully saturated rings. The average Bonchev–Trinajstić information content (AvgIpc) is 3.59. The van der Waals surface area contributed by atoms with E-state index in [2.05, 4.69) is 10.3 Å². The summed E-state index contributed by atoms with van der Waals surface area (Å²) in [5, 5.41) is 20.5. The lowest BCUT2D eigenvalue weighted by Gasteiger charge is -2.12. The van der Waals surface area contributed by atoms with Gasteiger partial charge >= 0.3 is 18.0 Å². The second-order valence-electron chi connectivity index (χ2n) is 7.89. The molecule has 11 heteroatoms. The molecule has 1 aliphatic heterocycles. The Labute approximate surface area is 220 Å². The molecular formula is C27H21N3O7S. The van der Waals surface area contributed by atoms with Gasteiger partial charge in [0.2, 0.25) is 5.78 Å². The second kappa shape index (κ2) is 11.9. The topological polar surface area (TPSA) is 148 Å². The number of nitrogens with zero attached hydrogens (tertiary/aromatic N) is 2. The van der Waals surface area contributed by atoms with Crippen LogP contribution in [0.5, 0.6) is 0 Å². The van der Waals surface area contributed by atoms with Gasteiger partial charge in [-0.05, 0) is 17.7 Å². The Morgan fingerprint density at radius 1 is 0.947 bits per heavy atom. The van der Waals surface area contributed by atoms with Crippen molar-refractivity contribution in [2.24, 2.45) is 0 Å². The first-order valence-corrected chi connectivity index (χ1v) is 12.1. The third kappa shape index (κ3) is 6.08. The summed E-state index contributed by atoms with van der Waals surface area (Å²) in [5.74, 6) is -3.82. The number of Topliss-reactive ketones (excluding diaryl/α,β-unsaturated/α-hetero) is 1. The highest BCUT2D eigenvalue weighted by Crippen LogP contribution is 2.35. The number of carboxylic acid groups (broad SMARTS) is 2. The number of ether oxygens (including phenoxy) is 1. The first-order chi connectivity index (χ1) is 18.3. The van der Waals surface area contributed by atoms with Gasteiger partial charge in [0.15, 0.2) is 0 Å². The van der Waals surface area contributed by atoms with Gasteiger partial charge in [-0.15, -0.1) is 11.8 Å². The van der Waals surface area contributed by atoms with Crippen molar-refractivity contribution in [2.75, 3.05) is 0 Å². The van der Waals surface area contributed by atoms with E-state index in [-0.39, 0.29) is 17.8 Å². The summed E-state index contributed by atoms with van der Waals surface area (Å²) in [7, 11) is 0. The van der Waals surface area contributed by atoms with E-state index in [0.717, 1.165) is 11.1 Å². The maximum Gasteiger partial charge on any atom is 0.418 e. The van der Waals surface area contributed by atoms with E-state index in [9.17, 15) is 9.59 Å². The van der Waals surface area contributed by atoms with Crippen LogP contribution in [-0.2, 0) is 20.9 Å². The van der Waals surface area contributed by atoms with E-state index < -0.39 is 18.0 Å². The summed E-state index contributed by atoms with van der Waals surface area (Å²) >= 11 is 1.52. The number of rotatable bonds is 5. The zero-order chi connectivity index (χ0) is 27.1. The number of ketones is 1. The minimum atomic E-state index is -1.82. The van der Waals surface area contributed by atoms with Crippen molar-refractivity contribution < 1.29 is 34.1 Å². The summed E-state index contributed by atoms with van der Waals surface area (Å²) in [6, 6.07) is 20.6. The lowest BCUT2D eigenvalue weighted by molar-refractivity contribution is -0.159. The van der Waals surface area contributed by atoms with Gasteiger partial charge in [0.1, 0.15) is 12.0 Å². The predicted molar refractivity (Wildman–Crippen MR) is 139 cm³/mol. The number of aromatic nitrogens is 2. The maximum atomic E-state index is 13.3. The van der Waals surface area contributed by atoms with Crippen LogP contribution < -0.4 is 5.32 Å². The Bertz CT molecular complexity index is 1510. The predicted octanol–water partition coefficient (Wildman–Crippen LogP) is 4.44. The number of nitrogens with one attached hydrogen (secondary N) is 1. The molecule has 5 rings (SSSR count). The van der Waals surface area contributed by atoms with Crippen molar-refractivity contribution in [3.05, 3.63) is 113 Å². The number of carbonyl (C=O) groups excluding carboxylic acids is 2. The average molecular weight is 532 g/mol. The summed E-state index contributed by atoms with van der Waals surface area (Å²) in [5.41, 5.74) is 3.45. The number of hydrogen-bond donors (Lipinski definition) is 3. The molecule has 2 aromatic heterocycles. The highest BCUT2D eigenvalue weighted by molar-refractivity contribution is 8.02. The quantitative estimate of drug-likeness (QED) is 0.249. The van der Waals surface area contributed by atoms with Gasteiger partial charge in [0.25, 0.3) is 0 Å². The van der Waals surface area contributed by atoms with Crippen LogP contribution in [0.25, 0.3) is 10.9 Å². The molecule has 38 heavy (non-hydrogen) atoms. The van der Waals surface area contributed by atoms with Gasteiger partial charge in [0.05, 0.1) is 16.8 Å². The minimum absolute atomic E-state index is 0.0770. The molecule has 1 unspecified atom stereocenters. The number of carbonyl (C=O) groups is 4. The number of allylic oxidation sites excluding steroid dienone is 1. The molecule has 1 aliphatic rings. The molecule has 0 aliphatic carbocycles. The molecule has 1 atom stereocenters. The SMILES string of the molecule is O=C(C1=CSC(c2cccnc2)N1)c1cn(C(=O)OCc2ccccc2)c2ccccc12.O=C(O)C(=O)O. The maximum absolute atomic E-state index is 13.3. The summed E-state index contributed by atoms with van der Waals surface area (Å²) in [4.78, 5) is 48.5. The van der Waals surface area contributed by atoms with Crippen LogP contribution in [0.1, 0.15) is 26.9 Å². The molecule has 0 saturated heterocycles. The molecular weight excluding hydrogens is 510 g/mol. The first-order valence-electron chi connectivity index (χ1n) is 11.2. The van der Waals surface area contributed by atoms with E-state index in [1.807, 2.05) is 66.1 Å². The molecule has 3 heterocycles. The number of carboxylic acids is 2. The van der Waals surface area contributed by atoms with E-state index in [0.29, 0.717) is 22.2 Å². The third-order valence-electron chi connectivity index (χ3n) is 5.38. The Kier molecular flexibility index (Phi) is 8.19. The molecule has 0 amide bonds. The summed E-state index contributed by atoms with van der Waals surface area (Å²) in [6.45, 7) is 0.158. The minimum Gasteiger partial charge on any atom is -0.473 e. The highest BCUT2D eigenvalue weighted by Gasteiger charge is 2.27. The lowest BCUT2D eigenvalue weighted by atomic mass is 10.1. The van der Waals surface area contributed by atoms with Crippen molar-refractivity contribution in [3.8, 4) is 0 Å². The molecule has 0 saturated carbocycles. The van der Waals surface area contributed by atoms with Crippen LogP contribution in [-0.4, -0.2) is 43.6 Å². The van der Waals surface area contributed by atoms with Crippen LogP contribution in [0.2, 0.25) is 0 Å². The molecule has 0 radical (unpaired) electrons. The zero-order valence-electron chi connectivity index (χ0n) is 19.7. The molecule has 0 bridgehead atoms. The number of hydrogen-bond acceptors (Lipinski definition) is 8. The van der Waals surface area contributed by atoms with Crippen LogP contribution in [0.3, 0.4) is 0 Å². The van der Waals surface area contributed by atoms with E-state index in [1.165, 1.54) is 16.3 Å². The fourth-order valence-corrected chi connectivity index (χ4v) is 4.54. The van der Waals surface area contributed by atoms with Gasteiger partial charge in [0, 0.05) is 34.9 Å². The summed E-state index contributed by atoms with van der Waals surface area (Å²) in [6.07, 6.45) is 4.53. The van der Waals surface area contributed by atoms with Crippen molar-refractivity contribution in [3.63, 3.8) is 0 Å². The standard InChI is InChI=1S/C25H19N3O3S.C2H2O4/c29-23(21-16-32-24(27-21)18-9-6-12-26-13-18)20-14-28(22-11-5-4-10-19(20)22)25(30)31-15-17-7-2-1-3-8-17;3-1(4)2(5)6/h1-14,16,24,27H,15H2;(H,3,4)(H,5,6). The number of aliphatic carboxylic acids is 2. The monoisotopic (exact) mass is 531 g/mol. The Hall–Kier alpha value is -4.90. The third-order valence-corrected chi connectivity index (χ3v) is 6.42. The van der Waals surface area contributed by atoms with Gasteiger partial charge in [-0.25, -0.2) is 14.4 Å². The number of benzene rings is 2. The van der Waals surface area contributed by atoms with Gasteiger partial charge in [-0.2, -0.15) is 0 Å². The molecule has 3 N–H and O–H groups in total. The highest BCUT2D eigenvalue weighted by atomic mass is 32.2. The summed E-state index contributed by atoms with van der Waals surface area (Å²) < 4.78 is 6.88.